The molecule has 2 heterocycles. The summed E-state index contributed by atoms with van der Waals surface area (Å²) in [6.45, 7) is 17.9. The SMILES string of the molecule is Cc1c(C)c2c(c(C)c1O)CC[C@@](C)(CCC[C@H](C)CCC[C@H](C)CCCC(C)C)O2.O=C(O)c1cccnc1. The summed E-state index contributed by atoms with van der Waals surface area (Å²) in [6, 6.07) is 3.08. The van der Waals surface area contributed by atoms with Crippen molar-refractivity contribution in [2.24, 2.45) is 17.8 Å². The number of carbonyl (C=O) groups is 1. The lowest BCUT2D eigenvalue weighted by Gasteiger charge is -2.38. The highest BCUT2D eigenvalue weighted by Gasteiger charge is 2.34. The number of fused-ring (bicyclic) bond motifs is 1. The van der Waals surface area contributed by atoms with Crippen LogP contribution in [0.25, 0.3) is 0 Å². The van der Waals surface area contributed by atoms with Crippen LogP contribution in [-0.4, -0.2) is 26.8 Å². The third-order valence-electron chi connectivity index (χ3n) is 8.78. The zero-order valence-corrected chi connectivity index (χ0v) is 26.5. The highest BCUT2D eigenvalue weighted by atomic mass is 16.5. The summed E-state index contributed by atoms with van der Waals surface area (Å²) in [4.78, 5) is 13.8. The van der Waals surface area contributed by atoms with E-state index in [2.05, 4.69) is 46.5 Å². The predicted molar refractivity (Wildman–Crippen MR) is 166 cm³/mol. The Morgan fingerprint density at radius 1 is 0.950 bits per heavy atom. The number of pyridine rings is 1. The molecule has 0 amide bonds. The van der Waals surface area contributed by atoms with Gasteiger partial charge in [0.25, 0.3) is 0 Å². The highest BCUT2D eigenvalue weighted by molar-refractivity contribution is 5.86. The van der Waals surface area contributed by atoms with Crippen molar-refractivity contribution >= 4 is 5.97 Å². The van der Waals surface area contributed by atoms with Crippen LogP contribution in [0.3, 0.4) is 0 Å². The Labute approximate surface area is 243 Å². The summed E-state index contributed by atoms with van der Waals surface area (Å²) in [5.41, 5.74) is 4.45. The van der Waals surface area contributed by atoms with Crippen molar-refractivity contribution < 1.29 is 19.7 Å². The first-order valence-electron chi connectivity index (χ1n) is 15.5. The van der Waals surface area contributed by atoms with Crippen LogP contribution < -0.4 is 4.74 Å². The molecule has 3 rings (SSSR count). The van der Waals surface area contributed by atoms with Gasteiger partial charge in [0, 0.05) is 18.0 Å². The molecule has 1 aromatic carbocycles. The van der Waals surface area contributed by atoms with Gasteiger partial charge in [-0.05, 0) is 100.0 Å². The average molecular weight is 554 g/mol. The van der Waals surface area contributed by atoms with Crippen LogP contribution in [0.1, 0.15) is 131 Å². The number of aromatic carboxylic acids is 1. The molecule has 1 aromatic heterocycles. The molecule has 5 nitrogen and oxygen atoms in total. The largest absolute Gasteiger partial charge is 0.507 e. The van der Waals surface area contributed by atoms with E-state index in [0.29, 0.717) is 5.75 Å². The van der Waals surface area contributed by atoms with Crippen LogP contribution in [0.15, 0.2) is 24.5 Å². The average Bonchev–Trinajstić information content (AvgIpc) is 2.91. The smallest absolute Gasteiger partial charge is 0.337 e. The fourth-order valence-electron chi connectivity index (χ4n) is 5.76. The molecule has 224 valence electrons. The fraction of sp³-hybridized carbons (Fsp3) is 0.657. The third kappa shape index (κ3) is 10.4. The molecule has 0 spiro atoms. The molecule has 0 unspecified atom stereocenters. The molecule has 1 aliphatic heterocycles. The van der Waals surface area contributed by atoms with Crippen LogP contribution in [0.5, 0.6) is 11.5 Å². The van der Waals surface area contributed by atoms with Gasteiger partial charge >= 0.3 is 5.97 Å². The number of carboxylic acid groups (broad SMARTS) is 1. The Hall–Kier alpha value is -2.56. The van der Waals surface area contributed by atoms with E-state index in [1.54, 1.807) is 6.07 Å². The maximum atomic E-state index is 10.4. The predicted octanol–water partition coefficient (Wildman–Crippen LogP) is 9.62. The second kappa shape index (κ2) is 16.0. The first-order valence-corrected chi connectivity index (χ1v) is 15.5. The van der Waals surface area contributed by atoms with E-state index in [9.17, 15) is 9.90 Å². The minimum absolute atomic E-state index is 0.0712. The van der Waals surface area contributed by atoms with E-state index >= 15 is 0 Å². The molecule has 1 aliphatic rings. The lowest BCUT2D eigenvalue weighted by molar-refractivity contribution is 0.0511. The zero-order valence-electron chi connectivity index (χ0n) is 26.5. The molecule has 0 bridgehead atoms. The second-order valence-corrected chi connectivity index (χ2v) is 13.0. The number of phenols is 1. The summed E-state index contributed by atoms with van der Waals surface area (Å²) < 4.78 is 6.60. The van der Waals surface area contributed by atoms with Crippen LogP contribution in [0.4, 0.5) is 0 Å². The number of benzene rings is 1. The van der Waals surface area contributed by atoms with Gasteiger partial charge in [0.1, 0.15) is 17.1 Å². The lowest BCUT2D eigenvalue weighted by Crippen LogP contribution is -2.37. The van der Waals surface area contributed by atoms with Crippen molar-refractivity contribution in [1.29, 1.82) is 0 Å². The Morgan fingerprint density at radius 3 is 2.08 bits per heavy atom. The summed E-state index contributed by atoms with van der Waals surface area (Å²) in [5, 5.41) is 18.7. The maximum absolute atomic E-state index is 10.4. The monoisotopic (exact) mass is 553 g/mol. The van der Waals surface area contributed by atoms with Crippen molar-refractivity contribution in [1.82, 2.24) is 4.98 Å². The van der Waals surface area contributed by atoms with E-state index < -0.39 is 5.97 Å². The molecule has 2 aromatic rings. The molecule has 0 saturated heterocycles. The topological polar surface area (TPSA) is 79.7 Å². The van der Waals surface area contributed by atoms with Crippen molar-refractivity contribution in [2.75, 3.05) is 0 Å². The minimum atomic E-state index is -0.942. The van der Waals surface area contributed by atoms with Crippen LogP contribution in [-0.2, 0) is 6.42 Å². The van der Waals surface area contributed by atoms with Crippen LogP contribution in [0.2, 0.25) is 0 Å². The number of rotatable bonds is 13. The van der Waals surface area contributed by atoms with E-state index in [1.807, 2.05) is 13.8 Å². The molecule has 40 heavy (non-hydrogen) atoms. The molecule has 2 N–H and O–H groups in total. The first kappa shape index (κ1) is 33.6. The van der Waals surface area contributed by atoms with Gasteiger partial charge in [-0.25, -0.2) is 4.79 Å². The van der Waals surface area contributed by atoms with Gasteiger partial charge in [-0.15, -0.1) is 0 Å². The number of nitrogens with zero attached hydrogens (tertiary/aromatic N) is 1. The summed E-state index contributed by atoms with van der Waals surface area (Å²) in [5.74, 6) is 3.09. The summed E-state index contributed by atoms with van der Waals surface area (Å²) in [7, 11) is 0. The van der Waals surface area contributed by atoms with Crippen molar-refractivity contribution in [2.45, 2.75) is 132 Å². The van der Waals surface area contributed by atoms with E-state index in [0.717, 1.165) is 59.5 Å². The highest BCUT2D eigenvalue weighted by Crippen LogP contribution is 2.44. The molecule has 0 saturated carbocycles. The number of hydrogen-bond acceptors (Lipinski definition) is 4. The van der Waals surface area contributed by atoms with Gasteiger partial charge < -0.3 is 14.9 Å². The quantitative estimate of drug-likeness (QED) is 0.258. The molecule has 5 heteroatoms. The molecular formula is C35H55NO4. The zero-order chi connectivity index (χ0) is 29.9. The third-order valence-corrected chi connectivity index (χ3v) is 8.78. The Bertz CT molecular complexity index is 1070. The van der Waals surface area contributed by atoms with E-state index in [4.69, 9.17) is 9.84 Å². The second-order valence-electron chi connectivity index (χ2n) is 13.0. The number of ether oxygens (including phenoxy) is 1. The van der Waals surface area contributed by atoms with Gasteiger partial charge in [-0.3, -0.25) is 4.98 Å². The molecule has 3 atom stereocenters. The first-order chi connectivity index (χ1) is 18.8. The van der Waals surface area contributed by atoms with Crippen molar-refractivity contribution in [3.05, 3.63) is 52.3 Å². The molecule has 0 fully saturated rings. The van der Waals surface area contributed by atoms with Gasteiger partial charge in [0.2, 0.25) is 0 Å². The van der Waals surface area contributed by atoms with Gasteiger partial charge in [0.05, 0.1) is 5.56 Å². The van der Waals surface area contributed by atoms with Crippen molar-refractivity contribution in [3.63, 3.8) is 0 Å². The maximum Gasteiger partial charge on any atom is 0.337 e. The fourth-order valence-corrected chi connectivity index (χ4v) is 5.76. The number of phenolic OH excluding ortho intramolecular Hbond substituents is 1. The van der Waals surface area contributed by atoms with Crippen LogP contribution in [0, 0.1) is 38.5 Å². The normalized spacial score (nSPS) is 17.8. The molecule has 0 aliphatic carbocycles. The molecule has 0 radical (unpaired) electrons. The van der Waals surface area contributed by atoms with Crippen molar-refractivity contribution in [3.8, 4) is 11.5 Å². The number of hydrogen-bond donors (Lipinski definition) is 2. The number of aromatic nitrogens is 1. The molecular weight excluding hydrogens is 498 g/mol. The summed E-state index contributed by atoms with van der Waals surface area (Å²) >= 11 is 0. The minimum Gasteiger partial charge on any atom is -0.507 e. The van der Waals surface area contributed by atoms with E-state index in [-0.39, 0.29) is 11.2 Å². The van der Waals surface area contributed by atoms with Gasteiger partial charge in [-0.1, -0.05) is 72.6 Å². The standard InChI is InChI=1S/C29H50O2.C6H5NO2/c1-20(2)12-9-13-21(3)14-10-15-22(4)16-11-18-29(8)19-17-26-25(7)27(30)23(5)24(6)28(26)31-29;8-6(9)5-2-1-3-7-4-5/h20-22,30H,9-19H2,1-8H3;1-4H,(H,8,9)/t21-,22-,29-;/m1./s1. The summed E-state index contributed by atoms with van der Waals surface area (Å²) in [6.07, 6.45) is 16.9. The Balaban J connectivity index is 0.000000526. The Kier molecular flexibility index (Phi) is 13.5. The Morgan fingerprint density at radius 2 is 1.55 bits per heavy atom. The number of carboxylic acids is 1. The number of aromatic hydroxyl groups is 1. The van der Waals surface area contributed by atoms with Gasteiger partial charge in [-0.2, -0.15) is 0 Å². The lowest BCUT2D eigenvalue weighted by atomic mass is 9.84. The van der Waals surface area contributed by atoms with Crippen LogP contribution >= 0.6 is 0 Å². The van der Waals surface area contributed by atoms with Gasteiger partial charge in [0.15, 0.2) is 0 Å². The van der Waals surface area contributed by atoms with E-state index in [1.165, 1.54) is 75.4 Å².